The summed E-state index contributed by atoms with van der Waals surface area (Å²) in [7, 11) is 0. The second-order valence-corrected chi connectivity index (χ2v) is 5.40. The van der Waals surface area contributed by atoms with Crippen LogP contribution in [0.2, 0.25) is 0 Å². The van der Waals surface area contributed by atoms with Gasteiger partial charge in [-0.3, -0.25) is 14.6 Å². The van der Waals surface area contributed by atoms with E-state index in [0.29, 0.717) is 13.1 Å². The van der Waals surface area contributed by atoms with Crippen molar-refractivity contribution in [2.75, 3.05) is 6.54 Å². The van der Waals surface area contributed by atoms with E-state index in [1.807, 2.05) is 49.4 Å². The van der Waals surface area contributed by atoms with E-state index in [2.05, 4.69) is 10.3 Å². The lowest BCUT2D eigenvalue weighted by molar-refractivity contribution is -0.135. The van der Waals surface area contributed by atoms with Crippen LogP contribution in [0.1, 0.15) is 23.7 Å². The van der Waals surface area contributed by atoms with Crippen molar-refractivity contribution < 1.29 is 9.59 Å². The molecule has 2 amide bonds. The Labute approximate surface area is 136 Å². The van der Waals surface area contributed by atoms with Gasteiger partial charge in [-0.05, 0) is 30.2 Å². The third-order valence-corrected chi connectivity index (χ3v) is 3.60. The summed E-state index contributed by atoms with van der Waals surface area (Å²) in [5, 5.41) is 2.79. The molecule has 1 aromatic heterocycles. The van der Waals surface area contributed by atoms with Crippen molar-refractivity contribution in [2.24, 2.45) is 0 Å². The van der Waals surface area contributed by atoms with Crippen LogP contribution < -0.4 is 5.32 Å². The van der Waals surface area contributed by atoms with Crippen molar-refractivity contribution in [3.05, 3.63) is 65.5 Å². The monoisotopic (exact) mass is 311 g/mol. The highest BCUT2D eigenvalue weighted by Gasteiger charge is 2.14. The van der Waals surface area contributed by atoms with E-state index < -0.39 is 0 Å². The maximum absolute atomic E-state index is 12.1. The van der Waals surface area contributed by atoms with Crippen molar-refractivity contribution in [1.29, 1.82) is 0 Å². The van der Waals surface area contributed by atoms with Gasteiger partial charge in [-0.15, -0.1) is 0 Å². The van der Waals surface area contributed by atoms with Crippen LogP contribution in [0.3, 0.4) is 0 Å². The van der Waals surface area contributed by atoms with Crippen molar-refractivity contribution in [3.63, 3.8) is 0 Å². The van der Waals surface area contributed by atoms with Gasteiger partial charge in [0, 0.05) is 19.7 Å². The van der Waals surface area contributed by atoms with Gasteiger partial charge in [0.05, 0.1) is 18.8 Å². The lowest BCUT2D eigenvalue weighted by Crippen LogP contribution is -2.39. The number of rotatable bonds is 6. The Morgan fingerprint density at radius 2 is 1.87 bits per heavy atom. The summed E-state index contributed by atoms with van der Waals surface area (Å²) in [4.78, 5) is 29.6. The Bertz CT molecular complexity index is 671. The Balaban J connectivity index is 1.92. The average Bonchev–Trinajstić information content (AvgIpc) is 2.55. The molecule has 2 aromatic rings. The maximum atomic E-state index is 12.1. The maximum Gasteiger partial charge on any atom is 0.239 e. The van der Waals surface area contributed by atoms with Gasteiger partial charge >= 0.3 is 0 Å². The fourth-order valence-corrected chi connectivity index (χ4v) is 2.19. The summed E-state index contributed by atoms with van der Waals surface area (Å²) in [6.07, 6.45) is 1.68. The van der Waals surface area contributed by atoms with Gasteiger partial charge < -0.3 is 10.2 Å². The summed E-state index contributed by atoms with van der Waals surface area (Å²) >= 11 is 0. The number of aromatic nitrogens is 1. The molecular formula is C18H21N3O2. The molecule has 0 saturated heterocycles. The van der Waals surface area contributed by atoms with Crippen LogP contribution in [0.5, 0.6) is 0 Å². The van der Waals surface area contributed by atoms with E-state index in [9.17, 15) is 9.59 Å². The summed E-state index contributed by atoms with van der Waals surface area (Å²) in [5.74, 6) is -0.319. The summed E-state index contributed by atoms with van der Waals surface area (Å²) < 4.78 is 0. The van der Waals surface area contributed by atoms with Gasteiger partial charge in [0.15, 0.2) is 0 Å². The molecule has 1 aromatic carbocycles. The number of aryl methyl sites for hydroxylation is 1. The molecule has 0 aliphatic carbocycles. The highest BCUT2D eigenvalue weighted by atomic mass is 16.2. The molecule has 1 heterocycles. The third kappa shape index (κ3) is 5.21. The highest BCUT2D eigenvalue weighted by Crippen LogP contribution is 2.10. The number of nitrogens with zero attached hydrogens (tertiary/aromatic N) is 2. The van der Waals surface area contributed by atoms with Gasteiger partial charge in [0.1, 0.15) is 0 Å². The van der Waals surface area contributed by atoms with Crippen LogP contribution in [0.4, 0.5) is 0 Å². The molecule has 2 rings (SSSR count). The van der Waals surface area contributed by atoms with Crippen molar-refractivity contribution in [1.82, 2.24) is 15.2 Å². The number of amides is 2. The van der Waals surface area contributed by atoms with E-state index in [4.69, 9.17) is 0 Å². The second kappa shape index (κ2) is 8.08. The number of nitrogens with one attached hydrogen (secondary N) is 1. The smallest absolute Gasteiger partial charge is 0.239 e. The predicted octanol–water partition coefficient (Wildman–Crippen LogP) is 2.05. The predicted molar refractivity (Wildman–Crippen MR) is 88.4 cm³/mol. The van der Waals surface area contributed by atoms with Gasteiger partial charge in [0.25, 0.3) is 0 Å². The first kappa shape index (κ1) is 16.7. The lowest BCUT2D eigenvalue weighted by Gasteiger charge is -2.21. The SMILES string of the molecule is CC(=O)N(CC(=O)NCc1ccccn1)Cc1ccccc1C. The van der Waals surface area contributed by atoms with E-state index >= 15 is 0 Å². The van der Waals surface area contributed by atoms with Gasteiger partial charge in [0.2, 0.25) is 11.8 Å². The van der Waals surface area contributed by atoms with Crippen LogP contribution in [0, 0.1) is 6.92 Å². The zero-order valence-electron chi connectivity index (χ0n) is 13.5. The van der Waals surface area contributed by atoms with Gasteiger partial charge in [-0.1, -0.05) is 30.3 Å². The van der Waals surface area contributed by atoms with Crippen molar-refractivity contribution in [2.45, 2.75) is 26.9 Å². The largest absolute Gasteiger partial charge is 0.349 e. The summed E-state index contributed by atoms with van der Waals surface area (Å²) in [6.45, 7) is 4.30. The quantitative estimate of drug-likeness (QED) is 0.888. The number of benzene rings is 1. The van der Waals surface area contributed by atoms with Crippen LogP contribution in [-0.4, -0.2) is 28.2 Å². The minimum absolute atomic E-state index is 0.0382. The van der Waals surface area contributed by atoms with E-state index in [1.165, 1.54) is 11.8 Å². The molecule has 5 nitrogen and oxygen atoms in total. The molecule has 0 bridgehead atoms. The standard InChI is InChI=1S/C18H21N3O2/c1-14-7-3-4-8-16(14)12-21(15(2)22)13-18(23)20-11-17-9-5-6-10-19-17/h3-10H,11-13H2,1-2H3,(H,20,23). The lowest BCUT2D eigenvalue weighted by atomic mass is 10.1. The Morgan fingerprint density at radius 3 is 2.52 bits per heavy atom. The first-order chi connectivity index (χ1) is 11.1. The number of hydrogen-bond donors (Lipinski definition) is 1. The fraction of sp³-hybridized carbons (Fsp3) is 0.278. The molecule has 23 heavy (non-hydrogen) atoms. The highest BCUT2D eigenvalue weighted by molar-refractivity contribution is 5.83. The fourth-order valence-electron chi connectivity index (χ4n) is 2.19. The minimum Gasteiger partial charge on any atom is -0.349 e. The zero-order chi connectivity index (χ0) is 16.7. The van der Waals surface area contributed by atoms with Crippen molar-refractivity contribution >= 4 is 11.8 Å². The topological polar surface area (TPSA) is 62.3 Å². The van der Waals surface area contributed by atoms with Crippen LogP contribution in [0.15, 0.2) is 48.7 Å². The van der Waals surface area contributed by atoms with E-state index in [-0.39, 0.29) is 18.4 Å². The molecule has 0 fully saturated rings. The van der Waals surface area contributed by atoms with Crippen LogP contribution in [0.25, 0.3) is 0 Å². The molecule has 1 N–H and O–H groups in total. The molecule has 120 valence electrons. The van der Waals surface area contributed by atoms with Gasteiger partial charge in [-0.25, -0.2) is 0 Å². The van der Waals surface area contributed by atoms with Crippen LogP contribution >= 0.6 is 0 Å². The third-order valence-electron chi connectivity index (χ3n) is 3.60. The van der Waals surface area contributed by atoms with Gasteiger partial charge in [-0.2, -0.15) is 0 Å². The number of carbonyl (C=O) groups is 2. The molecule has 0 unspecified atom stereocenters. The van der Waals surface area contributed by atoms with Crippen molar-refractivity contribution in [3.8, 4) is 0 Å². The van der Waals surface area contributed by atoms with Crippen LogP contribution in [-0.2, 0) is 22.7 Å². The molecule has 0 spiro atoms. The molecule has 0 aliphatic heterocycles. The number of pyridine rings is 1. The molecule has 0 atom stereocenters. The molecule has 5 heteroatoms. The molecule has 0 radical (unpaired) electrons. The molecule has 0 aliphatic rings. The first-order valence-corrected chi connectivity index (χ1v) is 7.53. The molecule has 0 saturated carbocycles. The summed E-state index contributed by atoms with van der Waals surface area (Å²) in [5.41, 5.74) is 2.93. The Kier molecular flexibility index (Phi) is 5.86. The summed E-state index contributed by atoms with van der Waals surface area (Å²) in [6, 6.07) is 13.4. The number of carbonyl (C=O) groups excluding carboxylic acids is 2. The Hall–Kier alpha value is -2.69. The molecular weight excluding hydrogens is 290 g/mol. The van der Waals surface area contributed by atoms with E-state index in [0.717, 1.165) is 16.8 Å². The first-order valence-electron chi connectivity index (χ1n) is 7.53. The number of hydrogen-bond acceptors (Lipinski definition) is 3. The second-order valence-electron chi connectivity index (χ2n) is 5.40. The Morgan fingerprint density at radius 1 is 1.13 bits per heavy atom. The average molecular weight is 311 g/mol. The normalized spacial score (nSPS) is 10.2. The zero-order valence-corrected chi connectivity index (χ0v) is 13.5. The minimum atomic E-state index is -0.195. The van der Waals surface area contributed by atoms with E-state index in [1.54, 1.807) is 6.20 Å².